The van der Waals surface area contributed by atoms with Crippen molar-refractivity contribution >= 4 is 29.9 Å². The van der Waals surface area contributed by atoms with Gasteiger partial charge in [-0.2, -0.15) is 0 Å². The molecule has 7 heteroatoms. The second kappa shape index (κ2) is 7.11. The Balaban J connectivity index is 0.00000176. The van der Waals surface area contributed by atoms with Gasteiger partial charge in [-0.1, -0.05) is 30.0 Å². The van der Waals surface area contributed by atoms with Gasteiger partial charge in [0.25, 0.3) is 5.69 Å². The van der Waals surface area contributed by atoms with Gasteiger partial charge in [-0.05, 0) is 24.3 Å². The summed E-state index contributed by atoms with van der Waals surface area (Å²) < 4.78 is 1.98. The third kappa shape index (κ3) is 3.47. The average Bonchev–Trinajstić information content (AvgIpc) is 2.97. The molecular formula is C15H12ClN3O2S. The number of para-hydroxylation sites is 1. The van der Waals surface area contributed by atoms with Gasteiger partial charge in [-0.3, -0.25) is 14.7 Å². The molecule has 3 rings (SSSR count). The number of hydrogen-bond donors (Lipinski definition) is 0. The van der Waals surface area contributed by atoms with Crippen molar-refractivity contribution in [2.75, 3.05) is 0 Å². The molecule has 112 valence electrons. The van der Waals surface area contributed by atoms with E-state index in [0.29, 0.717) is 0 Å². The second-order valence-electron chi connectivity index (χ2n) is 4.27. The number of aromatic nitrogens is 2. The Morgan fingerprint density at radius 3 is 2.36 bits per heavy atom. The Morgan fingerprint density at radius 1 is 1.05 bits per heavy atom. The summed E-state index contributed by atoms with van der Waals surface area (Å²) in [7, 11) is 0. The molecule has 0 aliphatic rings. The van der Waals surface area contributed by atoms with Crippen molar-refractivity contribution in [3.8, 4) is 5.69 Å². The highest BCUT2D eigenvalue weighted by Gasteiger charge is 2.09. The molecule has 3 aromatic rings. The summed E-state index contributed by atoms with van der Waals surface area (Å²) in [5.74, 6) is 0. The average molecular weight is 334 g/mol. The topological polar surface area (TPSA) is 61.0 Å². The molecule has 1 heterocycles. The van der Waals surface area contributed by atoms with Gasteiger partial charge >= 0.3 is 0 Å². The minimum Gasteiger partial charge on any atom is -0.295 e. The van der Waals surface area contributed by atoms with Crippen LogP contribution >= 0.6 is 24.2 Å². The van der Waals surface area contributed by atoms with Crippen LogP contribution in [0.3, 0.4) is 0 Å². The molecule has 22 heavy (non-hydrogen) atoms. The molecule has 0 aliphatic heterocycles. The van der Waals surface area contributed by atoms with Crippen LogP contribution in [0.25, 0.3) is 5.69 Å². The monoisotopic (exact) mass is 333 g/mol. The van der Waals surface area contributed by atoms with Crippen LogP contribution in [-0.4, -0.2) is 14.5 Å². The molecular weight excluding hydrogens is 322 g/mol. The van der Waals surface area contributed by atoms with Crippen LogP contribution in [0.15, 0.2) is 77.0 Å². The van der Waals surface area contributed by atoms with Crippen molar-refractivity contribution < 1.29 is 4.92 Å². The van der Waals surface area contributed by atoms with Gasteiger partial charge in [0.2, 0.25) is 0 Å². The Hall–Kier alpha value is -2.31. The normalized spacial score (nSPS) is 10.0. The van der Waals surface area contributed by atoms with Crippen molar-refractivity contribution in [1.82, 2.24) is 9.55 Å². The molecule has 0 saturated carbocycles. The summed E-state index contributed by atoms with van der Waals surface area (Å²) in [6.07, 6.45) is 3.63. The lowest BCUT2D eigenvalue weighted by Gasteiger charge is -2.07. The maximum Gasteiger partial charge on any atom is 0.269 e. The number of nitrogens with zero attached hydrogens (tertiary/aromatic N) is 3. The molecule has 0 amide bonds. The highest BCUT2D eigenvalue weighted by molar-refractivity contribution is 7.99. The van der Waals surface area contributed by atoms with E-state index in [9.17, 15) is 10.1 Å². The van der Waals surface area contributed by atoms with Gasteiger partial charge in [0.1, 0.15) is 0 Å². The Bertz CT molecular complexity index is 760. The minimum atomic E-state index is -0.403. The summed E-state index contributed by atoms with van der Waals surface area (Å²) in [5.41, 5.74) is 1.12. The van der Waals surface area contributed by atoms with Gasteiger partial charge in [-0.25, -0.2) is 4.98 Å². The van der Waals surface area contributed by atoms with E-state index in [2.05, 4.69) is 4.98 Å². The predicted molar refractivity (Wildman–Crippen MR) is 88.0 cm³/mol. The molecule has 0 spiro atoms. The van der Waals surface area contributed by atoms with E-state index in [-0.39, 0.29) is 18.1 Å². The molecule has 0 atom stereocenters. The van der Waals surface area contributed by atoms with Crippen molar-refractivity contribution in [2.24, 2.45) is 0 Å². The van der Waals surface area contributed by atoms with Crippen LogP contribution in [0.5, 0.6) is 0 Å². The lowest BCUT2D eigenvalue weighted by Crippen LogP contribution is -1.94. The Morgan fingerprint density at radius 2 is 1.73 bits per heavy atom. The molecule has 0 unspecified atom stereocenters. The lowest BCUT2D eigenvalue weighted by atomic mass is 10.3. The summed E-state index contributed by atoms with van der Waals surface area (Å²) in [6, 6.07) is 16.4. The van der Waals surface area contributed by atoms with Crippen LogP contribution in [0.2, 0.25) is 0 Å². The Kier molecular flexibility index (Phi) is 5.19. The van der Waals surface area contributed by atoms with E-state index in [4.69, 9.17) is 0 Å². The zero-order valence-electron chi connectivity index (χ0n) is 11.3. The molecule has 0 aliphatic carbocycles. The summed E-state index contributed by atoms with van der Waals surface area (Å²) in [6.45, 7) is 0. The van der Waals surface area contributed by atoms with Crippen molar-refractivity contribution in [1.29, 1.82) is 0 Å². The van der Waals surface area contributed by atoms with Crippen LogP contribution in [-0.2, 0) is 0 Å². The summed E-state index contributed by atoms with van der Waals surface area (Å²) in [5, 5.41) is 11.5. The number of nitro benzene ring substituents is 1. The molecule has 0 bridgehead atoms. The highest BCUT2D eigenvalue weighted by atomic mass is 35.5. The molecule has 1 aromatic heterocycles. The van der Waals surface area contributed by atoms with E-state index in [0.717, 1.165) is 15.7 Å². The number of non-ortho nitro benzene ring substituents is 1. The molecule has 0 saturated heterocycles. The standard InChI is InChI=1S/C15H11N3O2S.ClH/c19-18(20)13-6-8-14(9-7-13)21-15-16-10-11-17(15)12-4-2-1-3-5-12;/h1-11H;1H. The number of nitro groups is 1. The predicted octanol–water partition coefficient (Wildman–Crippen LogP) is 4.35. The van der Waals surface area contributed by atoms with Gasteiger partial charge in [0, 0.05) is 35.1 Å². The fourth-order valence-electron chi connectivity index (χ4n) is 1.89. The van der Waals surface area contributed by atoms with Gasteiger partial charge in [0.15, 0.2) is 5.16 Å². The number of halogens is 1. The zero-order chi connectivity index (χ0) is 14.7. The van der Waals surface area contributed by atoms with E-state index < -0.39 is 4.92 Å². The van der Waals surface area contributed by atoms with Crippen molar-refractivity contribution in [2.45, 2.75) is 10.1 Å². The van der Waals surface area contributed by atoms with Gasteiger partial charge < -0.3 is 0 Å². The van der Waals surface area contributed by atoms with Crippen LogP contribution in [0.1, 0.15) is 0 Å². The van der Waals surface area contributed by atoms with Crippen LogP contribution < -0.4 is 0 Å². The van der Waals surface area contributed by atoms with Crippen LogP contribution in [0.4, 0.5) is 5.69 Å². The van der Waals surface area contributed by atoms with Gasteiger partial charge in [0.05, 0.1) is 4.92 Å². The SMILES string of the molecule is Cl.O=[N+]([O-])c1ccc(Sc2nccn2-c2ccccc2)cc1. The summed E-state index contributed by atoms with van der Waals surface area (Å²) in [4.78, 5) is 15.5. The molecule has 5 nitrogen and oxygen atoms in total. The lowest BCUT2D eigenvalue weighted by molar-refractivity contribution is -0.384. The number of hydrogen-bond acceptors (Lipinski definition) is 4. The van der Waals surface area contributed by atoms with E-state index in [1.807, 2.05) is 41.1 Å². The van der Waals surface area contributed by atoms with E-state index >= 15 is 0 Å². The van der Waals surface area contributed by atoms with Crippen molar-refractivity contribution in [3.05, 3.63) is 77.1 Å². The first-order chi connectivity index (χ1) is 10.2. The quantitative estimate of drug-likeness (QED) is 0.526. The third-order valence-corrected chi connectivity index (χ3v) is 3.89. The first-order valence-corrected chi connectivity index (χ1v) is 7.07. The molecule has 0 radical (unpaired) electrons. The maximum absolute atomic E-state index is 10.7. The largest absolute Gasteiger partial charge is 0.295 e. The summed E-state index contributed by atoms with van der Waals surface area (Å²) >= 11 is 1.47. The zero-order valence-corrected chi connectivity index (χ0v) is 13.0. The second-order valence-corrected chi connectivity index (χ2v) is 5.31. The molecule has 2 aromatic carbocycles. The van der Waals surface area contributed by atoms with Crippen LogP contribution in [0, 0.1) is 10.1 Å². The van der Waals surface area contributed by atoms with Gasteiger partial charge in [-0.15, -0.1) is 12.4 Å². The van der Waals surface area contributed by atoms with E-state index in [1.54, 1.807) is 18.3 Å². The fraction of sp³-hybridized carbons (Fsp3) is 0. The number of benzene rings is 2. The maximum atomic E-state index is 10.7. The minimum absolute atomic E-state index is 0. The highest BCUT2D eigenvalue weighted by Crippen LogP contribution is 2.29. The smallest absolute Gasteiger partial charge is 0.269 e. The van der Waals surface area contributed by atoms with E-state index in [1.165, 1.54) is 23.9 Å². The molecule has 0 N–H and O–H groups in total. The Labute approximate surface area is 137 Å². The van der Waals surface area contributed by atoms with Crippen molar-refractivity contribution in [3.63, 3.8) is 0 Å². The first kappa shape index (κ1) is 16.1. The molecule has 0 fully saturated rings. The number of rotatable bonds is 4. The third-order valence-electron chi connectivity index (χ3n) is 2.90. The number of imidazole rings is 1. The first-order valence-electron chi connectivity index (χ1n) is 6.25. The fourth-order valence-corrected chi connectivity index (χ4v) is 2.75.